The van der Waals surface area contributed by atoms with E-state index in [4.69, 9.17) is 9.47 Å². The van der Waals surface area contributed by atoms with Gasteiger partial charge >= 0.3 is 0 Å². The fraction of sp³-hybridized carbons (Fsp3) is 0.172. The number of fused-ring (bicyclic) bond motifs is 1. The van der Waals surface area contributed by atoms with Crippen LogP contribution in [0, 0.1) is 11.3 Å². The van der Waals surface area contributed by atoms with Crippen molar-refractivity contribution in [3.63, 3.8) is 0 Å². The average molecular weight is 449 g/mol. The molecule has 2 aliphatic rings. The summed E-state index contributed by atoms with van der Waals surface area (Å²) in [6, 6.07) is 27.9. The van der Waals surface area contributed by atoms with Crippen molar-refractivity contribution >= 4 is 5.78 Å². The SMILES string of the molecule is COc1ccc2c(c1)OC(NC1=CC(=O)CC(c3ccccc3)C1)=C(C#N)C2c1ccccc1. The zero-order valence-corrected chi connectivity index (χ0v) is 18.8. The number of rotatable bonds is 5. The van der Waals surface area contributed by atoms with Crippen molar-refractivity contribution in [3.8, 4) is 17.6 Å². The number of ether oxygens (including phenoxy) is 2. The van der Waals surface area contributed by atoms with E-state index in [-0.39, 0.29) is 17.6 Å². The van der Waals surface area contributed by atoms with E-state index in [2.05, 4.69) is 11.4 Å². The Bertz CT molecular complexity index is 1320. The number of nitrogens with one attached hydrogen (secondary N) is 1. The Labute approximate surface area is 199 Å². The molecule has 0 saturated heterocycles. The maximum Gasteiger partial charge on any atom is 0.212 e. The minimum Gasteiger partial charge on any atom is -0.497 e. The number of nitriles is 1. The summed E-state index contributed by atoms with van der Waals surface area (Å²) < 4.78 is 11.6. The third-order valence-corrected chi connectivity index (χ3v) is 6.32. The summed E-state index contributed by atoms with van der Waals surface area (Å²) in [5.41, 5.74) is 4.22. The highest BCUT2D eigenvalue weighted by Gasteiger charge is 2.33. The van der Waals surface area contributed by atoms with Gasteiger partial charge in [0.05, 0.1) is 13.0 Å². The largest absolute Gasteiger partial charge is 0.497 e. The van der Waals surface area contributed by atoms with Crippen molar-refractivity contribution < 1.29 is 14.3 Å². The molecule has 2 unspecified atom stereocenters. The molecule has 5 nitrogen and oxygen atoms in total. The van der Waals surface area contributed by atoms with Gasteiger partial charge in [-0.2, -0.15) is 5.26 Å². The van der Waals surface area contributed by atoms with Crippen LogP contribution in [0.15, 0.2) is 102 Å². The zero-order chi connectivity index (χ0) is 23.5. The van der Waals surface area contributed by atoms with Crippen molar-refractivity contribution in [2.45, 2.75) is 24.7 Å². The first-order chi connectivity index (χ1) is 16.7. The third kappa shape index (κ3) is 4.18. The Hall–Kier alpha value is -4.30. The summed E-state index contributed by atoms with van der Waals surface area (Å²) in [7, 11) is 1.61. The van der Waals surface area contributed by atoms with E-state index >= 15 is 0 Å². The van der Waals surface area contributed by atoms with Gasteiger partial charge in [-0.1, -0.05) is 66.7 Å². The molecule has 0 saturated carbocycles. The number of carbonyl (C=O) groups excluding carboxylic acids is 1. The molecule has 5 heteroatoms. The molecule has 0 radical (unpaired) electrons. The number of carbonyl (C=O) groups is 1. The van der Waals surface area contributed by atoms with Gasteiger partial charge in [0.1, 0.15) is 23.1 Å². The van der Waals surface area contributed by atoms with Crippen LogP contribution in [0.3, 0.4) is 0 Å². The highest BCUT2D eigenvalue weighted by Crippen LogP contribution is 2.44. The lowest BCUT2D eigenvalue weighted by Gasteiger charge is -2.30. The first kappa shape index (κ1) is 21.5. The van der Waals surface area contributed by atoms with Gasteiger partial charge in [0.25, 0.3) is 0 Å². The first-order valence-electron chi connectivity index (χ1n) is 11.3. The molecule has 2 atom stereocenters. The predicted molar refractivity (Wildman–Crippen MR) is 129 cm³/mol. The van der Waals surface area contributed by atoms with Crippen molar-refractivity contribution in [1.82, 2.24) is 5.32 Å². The fourth-order valence-corrected chi connectivity index (χ4v) is 4.71. The van der Waals surface area contributed by atoms with Gasteiger partial charge < -0.3 is 14.8 Å². The molecule has 0 aromatic heterocycles. The fourth-order valence-electron chi connectivity index (χ4n) is 4.71. The number of allylic oxidation sites excluding steroid dienone is 3. The second kappa shape index (κ2) is 9.29. The van der Waals surface area contributed by atoms with E-state index in [1.807, 2.05) is 78.9 Å². The minimum atomic E-state index is -0.298. The zero-order valence-electron chi connectivity index (χ0n) is 18.8. The van der Waals surface area contributed by atoms with Crippen molar-refractivity contribution in [3.05, 3.63) is 119 Å². The van der Waals surface area contributed by atoms with Gasteiger partial charge in [0.2, 0.25) is 5.88 Å². The van der Waals surface area contributed by atoms with E-state index in [1.54, 1.807) is 13.2 Å². The van der Waals surface area contributed by atoms with Crippen LogP contribution in [0.25, 0.3) is 0 Å². The van der Waals surface area contributed by atoms with E-state index in [1.165, 1.54) is 0 Å². The monoisotopic (exact) mass is 448 g/mol. The van der Waals surface area contributed by atoms with Gasteiger partial charge in [0, 0.05) is 29.8 Å². The third-order valence-electron chi connectivity index (χ3n) is 6.32. The standard InChI is InChI=1S/C29H24N2O3/c1-33-24-12-13-25-27(17-24)34-29(26(18-30)28(25)20-10-6-3-7-11-20)31-22-14-21(15-23(32)16-22)19-8-4-2-5-9-19/h2-13,16-17,21,28,31H,14-15H2,1H3. The van der Waals surface area contributed by atoms with Crippen molar-refractivity contribution in [2.75, 3.05) is 7.11 Å². The molecule has 0 amide bonds. The van der Waals surface area contributed by atoms with Crippen LogP contribution in [0.5, 0.6) is 11.5 Å². The topological polar surface area (TPSA) is 71.3 Å². The van der Waals surface area contributed by atoms with Crippen LogP contribution in [0.4, 0.5) is 0 Å². The molecule has 3 aromatic carbocycles. The second-order valence-corrected chi connectivity index (χ2v) is 8.48. The average Bonchev–Trinajstić information content (AvgIpc) is 2.88. The Morgan fingerprint density at radius 1 is 0.971 bits per heavy atom. The lowest BCUT2D eigenvalue weighted by Crippen LogP contribution is -2.28. The molecular weight excluding hydrogens is 424 g/mol. The smallest absolute Gasteiger partial charge is 0.212 e. The quantitative estimate of drug-likeness (QED) is 0.552. The molecule has 1 aliphatic carbocycles. The predicted octanol–water partition coefficient (Wildman–Crippen LogP) is 5.57. The number of nitrogens with zero attached hydrogens (tertiary/aromatic N) is 1. The molecule has 5 rings (SSSR count). The molecule has 1 N–H and O–H groups in total. The number of ketones is 1. The highest BCUT2D eigenvalue weighted by atomic mass is 16.5. The summed E-state index contributed by atoms with van der Waals surface area (Å²) in [6.45, 7) is 0. The summed E-state index contributed by atoms with van der Waals surface area (Å²) in [5, 5.41) is 13.5. The summed E-state index contributed by atoms with van der Waals surface area (Å²) in [6.07, 6.45) is 2.75. The van der Waals surface area contributed by atoms with E-state index < -0.39 is 0 Å². The highest BCUT2D eigenvalue weighted by molar-refractivity contribution is 5.92. The summed E-state index contributed by atoms with van der Waals surface area (Å²) >= 11 is 0. The van der Waals surface area contributed by atoms with E-state index in [0.29, 0.717) is 35.8 Å². The normalized spacial score (nSPS) is 19.4. The maximum absolute atomic E-state index is 12.6. The van der Waals surface area contributed by atoms with E-state index in [0.717, 1.165) is 22.4 Å². The second-order valence-electron chi connectivity index (χ2n) is 8.48. The van der Waals surface area contributed by atoms with Crippen LogP contribution >= 0.6 is 0 Å². The number of hydrogen-bond acceptors (Lipinski definition) is 5. The Morgan fingerprint density at radius 2 is 1.68 bits per heavy atom. The molecule has 34 heavy (non-hydrogen) atoms. The Kier molecular flexibility index (Phi) is 5.88. The van der Waals surface area contributed by atoms with Gasteiger partial charge in [-0.05, 0) is 29.5 Å². The summed E-state index contributed by atoms with van der Waals surface area (Å²) in [4.78, 5) is 12.6. The Balaban J connectivity index is 1.53. The van der Waals surface area contributed by atoms with Crippen LogP contribution in [-0.4, -0.2) is 12.9 Å². The lowest BCUT2D eigenvalue weighted by molar-refractivity contribution is -0.115. The first-order valence-corrected chi connectivity index (χ1v) is 11.3. The van der Waals surface area contributed by atoms with Crippen LogP contribution in [0.2, 0.25) is 0 Å². The molecule has 0 spiro atoms. The molecule has 0 fully saturated rings. The van der Waals surface area contributed by atoms with Gasteiger partial charge in [-0.3, -0.25) is 4.79 Å². The van der Waals surface area contributed by atoms with Crippen LogP contribution < -0.4 is 14.8 Å². The number of benzene rings is 3. The Morgan fingerprint density at radius 3 is 2.35 bits per heavy atom. The summed E-state index contributed by atoms with van der Waals surface area (Å²) in [5.74, 6) is 1.48. The molecule has 0 bridgehead atoms. The molecule has 1 heterocycles. The van der Waals surface area contributed by atoms with Crippen LogP contribution in [0.1, 0.15) is 41.4 Å². The van der Waals surface area contributed by atoms with Gasteiger partial charge in [-0.15, -0.1) is 0 Å². The maximum atomic E-state index is 12.6. The molecular formula is C29H24N2O3. The van der Waals surface area contributed by atoms with Gasteiger partial charge in [-0.25, -0.2) is 0 Å². The van der Waals surface area contributed by atoms with Gasteiger partial charge in [0.15, 0.2) is 5.78 Å². The van der Waals surface area contributed by atoms with Crippen molar-refractivity contribution in [1.29, 1.82) is 5.26 Å². The van der Waals surface area contributed by atoms with Crippen LogP contribution in [-0.2, 0) is 4.79 Å². The minimum absolute atomic E-state index is 0.0548. The molecule has 168 valence electrons. The van der Waals surface area contributed by atoms with E-state index in [9.17, 15) is 10.1 Å². The molecule has 3 aromatic rings. The number of hydrogen-bond donors (Lipinski definition) is 1. The van der Waals surface area contributed by atoms with Crippen molar-refractivity contribution in [2.24, 2.45) is 0 Å². The molecule has 1 aliphatic heterocycles. The lowest BCUT2D eigenvalue weighted by atomic mass is 9.83. The number of methoxy groups -OCH3 is 1.